The van der Waals surface area contributed by atoms with Crippen LogP contribution in [0.25, 0.3) is 16.0 Å². The first-order valence-corrected chi connectivity index (χ1v) is 41.5. The summed E-state index contributed by atoms with van der Waals surface area (Å²) in [6.45, 7) is 18.3. The minimum Gasteiger partial charge on any atom is -0.391 e. The zero-order chi connectivity index (χ0) is 76.3. The molecule has 0 spiro atoms. The number of unbranched alkanes of at least 4 members (excludes halogenated alkanes) is 2. The number of allylic oxidation sites excluding steroid dienone is 1. The number of aryl methyl sites for hydroxylation is 1. The summed E-state index contributed by atoms with van der Waals surface area (Å²) in [6, 6.07) is 31.7. The van der Waals surface area contributed by atoms with Gasteiger partial charge in [0.25, 0.3) is 25.8 Å². The van der Waals surface area contributed by atoms with Gasteiger partial charge in [0, 0.05) is 131 Å². The van der Waals surface area contributed by atoms with E-state index in [1.54, 1.807) is 54.7 Å². The van der Waals surface area contributed by atoms with E-state index in [0.717, 1.165) is 89.9 Å². The van der Waals surface area contributed by atoms with Crippen LogP contribution in [-0.4, -0.2) is 191 Å². The second-order valence-corrected chi connectivity index (χ2v) is 35.8. The van der Waals surface area contributed by atoms with E-state index < -0.39 is 94.1 Å². The van der Waals surface area contributed by atoms with E-state index in [-0.39, 0.29) is 54.2 Å². The predicted octanol–water partition coefficient (Wildman–Crippen LogP) is 12.3. The fourth-order valence-electron chi connectivity index (χ4n) is 14.8. The van der Waals surface area contributed by atoms with Crippen molar-refractivity contribution in [3.63, 3.8) is 0 Å². The van der Waals surface area contributed by atoms with Crippen molar-refractivity contribution < 1.29 is 59.1 Å². The maximum absolute atomic E-state index is 14.6. The van der Waals surface area contributed by atoms with Crippen molar-refractivity contribution in [3.8, 4) is 10.4 Å². The highest BCUT2D eigenvalue weighted by Gasteiger charge is 2.49. The Labute approximate surface area is 634 Å². The number of alkyl halides is 3. The summed E-state index contributed by atoms with van der Waals surface area (Å²) in [5, 5.41) is 20.9. The number of ketones is 1. The molecule has 0 bridgehead atoms. The van der Waals surface area contributed by atoms with Gasteiger partial charge in [-0.15, -0.1) is 23.1 Å². The Morgan fingerprint density at radius 3 is 2.11 bits per heavy atom. The third-order valence-electron chi connectivity index (χ3n) is 20.7. The molecule has 28 heteroatoms. The highest BCUT2D eigenvalue weighted by atomic mass is 35.5. The number of β-amino-alcohol motifs (C(OH)–C–C–N with tert-alkyl or cyclic N) is 1. The average molecular weight is 1560 g/mol. The molecule has 3 fully saturated rings. The van der Waals surface area contributed by atoms with Gasteiger partial charge in [-0.2, -0.15) is 13.2 Å². The second kappa shape index (κ2) is 35.4. The molecular weight excluding hydrogens is 1460 g/mol. The van der Waals surface area contributed by atoms with Crippen molar-refractivity contribution in [1.82, 2.24) is 39.9 Å². The molecule has 6 aromatic rings. The predicted molar refractivity (Wildman–Crippen MR) is 412 cm³/mol. The lowest BCUT2D eigenvalue weighted by atomic mass is 9.71. The van der Waals surface area contributed by atoms with Crippen LogP contribution in [0.4, 0.5) is 24.5 Å². The maximum Gasteiger partial charge on any atom is 0.501 e. The number of carbonyl (C=O) groups excluding carboxylic acids is 5. The number of aliphatic hydroxyl groups is 1. The van der Waals surface area contributed by atoms with Crippen LogP contribution in [-0.2, 0) is 39.0 Å². The zero-order valence-corrected chi connectivity index (χ0v) is 65.2. The summed E-state index contributed by atoms with van der Waals surface area (Å²) < 4.78 is 101. The monoisotopic (exact) mass is 1550 g/mol. The largest absolute Gasteiger partial charge is 0.501 e. The lowest BCUT2D eigenvalue weighted by Gasteiger charge is -2.41. The number of nitrogens with one attached hydrogen (secondary N) is 4. The summed E-state index contributed by atoms with van der Waals surface area (Å²) in [6.07, 6.45) is 4.16. The molecule has 4 aliphatic rings. The number of nitrogens with zero attached hydrogens (tertiary/aromatic N) is 6. The van der Waals surface area contributed by atoms with Gasteiger partial charge in [-0.1, -0.05) is 106 Å². The SMILES string of the molecule is CNCC1(C)CCC(c2ccc(Cl)cc2)=C(CN2CCN(c3ccc(C(=O)NS(=O)(=O)c4ccc(N[C@H](CCN5CCN(C(=O)CCCCCC(=O)[C@@H](C(=O)N6C[C@H](O)C[C@H]6C(=O)N[C@@H](C)c6ccc(-c7scnc7C)cc6)C(C)(C)C)CC5)CSc5ccccc5)c(S(=O)(=O)C(F)(F)F)c4)cc3)CC2)C1. The molecule has 4 amide bonds. The normalized spacial score (nSPS) is 19.6. The summed E-state index contributed by atoms with van der Waals surface area (Å²) in [4.78, 5) is 83.3. The maximum atomic E-state index is 14.6. The van der Waals surface area contributed by atoms with Crippen LogP contribution in [0.2, 0.25) is 5.02 Å². The third kappa shape index (κ3) is 20.8. The second-order valence-electron chi connectivity index (χ2n) is 29.8. The number of carbonyl (C=O) groups is 5. The first kappa shape index (κ1) is 81.3. The van der Waals surface area contributed by atoms with Crippen molar-refractivity contribution in [2.45, 2.75) is 150 Å². The van der Waals surface area contributed by atoms with Crippen molar-refractivity contribution in [3.05, 3.63) is 160 Å². The Kier molecular flexibility index (Phi) is 27.2. The quantitative estimate of drug-likeness (QED) is 0.0160. The molecule has 572 valence electrons. The van der Waals surface area contributed by atoms with Gasteiger partial charge in [0.2, 0.25) is 17.7 Å². The van der Waals surface area contributed by atoms with Crippen LogP contribution in [0.1, 0.15) is 132 Å². The van der Waals surface area contributed by atoms with E-state index >= 15 is 0 Å². The number of halogens is 4. The van der Waals surface area contributed by atoms with E-state index in [1.807, 2.05) is 92.3 Å². The van der Waals surface area contributed by atoms with E-state index in [4.69, 9.17) is 11.6 Å². The molecule has 1 aliphatic carbocycles. The van der Waals surface area contributed by atoms with Crippen molar-refractivity contribution in [2.24, 2.45) is 16.7 Å². The van der Waals surface area contributed by atoms with Gasteiger partial charge in [0.15, 0.2) is 0 Å². The Bertz CT molecular complexity index is 4320. The number of sulfone groups is 1. The third-order valence-corrected chi connectivity index (χ3v) is 25.9. The molecule has 20 nitrogen and oxygen atoms in total. The smallest absolute Gasteiger partial charge is 0.391 e. The van der Waals surface area contributed by atoms with Crippen molar-refractivity contribution in [1.29, 1.82) is 0 Å². The number of anilines is 2. The topological polar surface area (TPSA) is 251 Å². The van der Waals surface area contributed by atoms with Crippen LogP contribution in [0.5, 0.6) is 0 Å². The highest BCUT2D eigenvalue weighted by Crippen LogP contribution is 2.44. The molecule has 3 saturated heterocycles. The number of piperazine rings is 2. The molecule has 1 unspecified atom stereocenters. The molecule has 4 heterocycles. The fourth-order valence-corrected chi connectivity index (χ4v) is 18.7. The fraction of sp³-hybridized carbons (Fsp3) is 0.487. The van der Waals surface area contributed by atoms with Gasteiger partial charge in [-0.05, 0) is 159 Å². The lowest BCUT2D eigenvalue weighted by Crippen LogP contribution is -2.51. The van der Waals surface area contributed by atoms with Crippen molar-refractivity contribution >= 4 is 101 Å². The molecule has 10 rings (SSSR count). The number of aromatic nitrogens is 1. The number of likely N-dealkylation sites (tertiary alicyclic amines) is 1. The molecule has 106 heavy (non-hydrogen) atoms. The summed E-state index contributed by atoms with van der Waals surface area (Å²) >= 11 is 9.20. The number of sulfonamides is 1. The van der Waals surface area contributed by atoms with E-state index in [9.17, 15) is 59.1 Å². The molecule has 5 N–H and O–H groups in total. The van der Waals surface area contributed by atoms with Gasteiger partial charge in [0.1, 0.15) is 22.6 Å². The standard InChI is InChI=1S/C78H98ClF3N10O10S4/c1-52(54-18-20-56(21-19-54)72-53(2)84-51-104-72)85-74(97)67-44-62(93)48-92(67)75(98)71(76(3,4)5)68(94)16-12-9-13-17-70(95)91-42-36-88(37-43-91)35-33-60(49-103-63-14-10-8-11-15-63)86-66-31-30-64(45-69(66)105(99,100)78(80,81)82)106(101,102)87-73(96)57-24-28-61(29-25-57)90-40-38-89(39-41-90)47-58-46-77(6,50-83-7)34-32-65(58)55-22-26-59(79)27-23-55/h8,10-11,14-15,18-31,45,51-52,60,62,67,71,83,86,93H,9,12-13,16-17,32-44,46-50H2,1-7H3,(H,85,97)(H,87,96)/t52-,60+,62+,67-,71-,77?/m0/s1. The van der Waals surface area contributed by atoms with Crippen LogP contribution < -0.4 is 25.6 Å². The molecular formula is C78H98ClF3N10O10S4. The first-order chi connectivity index (χ1) is 50.3. The summed E-state index contributed by atoms with van der Waals surface area (Å²) in [5.41, 5.74) is 2.34. The Morgan fingerprint density at radius 1 is 0.811 bits per heavy atom. The number of rotatable bonds is 30. The van der Waals surface area contributed by atoms with Crippen LogP contribution >= 0.6 is 34.7 Å². The molecule has 6 atom stereocenters. The van der Waals surface area contributed by atoms with E-state index in [0.29, 0.717) is 82.6 Å². The van der Waals surface area contributed by atoms with Gasteiger partial charge >= 0.3 is 5.51 Å². The summed E-state index contributed by atoms with van der Waals surface area (Å²) in [7, 11) is -9.16. The number of aliphatic hydroxyl groups excluding tert-OH is 1. The van der Waals surface area contributed by atoms with Crippen LogP contribution in [0, 0.1) is 23.7 Å². The number of hydrogen-bond acceptors (Lipinski definition) is 18. The minimum absolute atomic E-state index is 0.0350. The molecule has 5 aromatic carbocycles. The first-order valence-electron chi connectivity index (χ1n) is 36.3. The Morgan fingerprint density at radius 2 is 1.47 bits per heavy atom. The number of hydrogen-bond donors (Lipinski definition) is 5. The van der Waals surface area contributed by atoms with Gasteiger partial charge in [-0.25, -0.2) is 26.5 Å². The number of thiazole rings is 1. The Hall–Kier alpha value is -7.21. The van der Waals surface area contributed by atoms with Crippen LogP contribution in [0.15, 0.2) is 147 Å². The molecule has 0 radical (unpaired) electrons. The molecule has 3 aliphatic heterocycles. The molecule has 0 saturated carbocycles. The number of benzene rings is 5. The number of Topliss-reactive ketones (excluding diaryl/α,β-unsaturated/α-hetero) is 1. The number of amides is 4. The number of thioether (sulfide) groups is 1. The van der Waals surface area contributed by atoms with Crippen molar-refractivity contribution in [2.75, 3.05) is 102 Å². The highest BCUT2D eigenvalue weighted by molar-refractivity contribution is 7.99. The average Bonchev–Trinajstić information content (AvgIpc) is 0.927. The van der Waals surface area contributed by atoms with Crippen LogP contribution in [0.3, 0.4) is 0 Å². The van der Waals surface area contributed by atoms with Gasteiger partial charge < -0.3 is 35.8 Å². The lowest BCUT2D eigenvalue weighted by molar-refractivity contribution is -0.149. The van der Waals surface area contributed by atoms with E-state index in [2.05, 4.69) is 54.7 Å². The minimum atomic E-state index is -6.19. The summed E-state index contributed by atoms with van der Waals surface area (Å²) in [5.74, 6) is -3.16. The van der Waals surface area contributed by atoms with E-state index in [1.165, 1.54) is 45.5 Å². The molecule has 1 aromatic heterocycles. The van der Waals surface area contributed by atoms with Gasteiger partial charge in [-0.3, -0.25) is 33.8 Å². The Balaban J connectivity index is 0.702. The zero-order valence-electron chi connectivity index (χ0n) is 61.2. The van der Waals surface area contributed by atoms with Gasteiger partial charge in [0.05, 0.1) is 38.8 Å².